The van der Waals surface area contributed by atoms with Gasteiger partial charge in [-0.25, -0.2) is 0 Å². The van der Waals surface area contributed by atoms with Crippen molar-refractivity contribution < 1.29 is 4.74 Å². The molecule has 2 unspecified atom stereocenters. The molecule has 2 N–H and O–H groups in total. The second kappa shape index (κ2) is 11.5. The average Bonchev–Trinajstić information content (AvgIpc) is 2.42. The molecule has 0 radical (unpaired) electrons. The molecule has 0 aliphatic carbocycles. The van der Waals surface area contributed by atoms with E-state index in [1.807, 2.05) is 0 Å². The van der Waals surface area contributed by atoms with Crippen molar-refractivity contribution in [2.24, 2.45) is 11.7 Å². The van der Waals surface area contributed by atoms with Gasteiger partial charge in [-0.2, -0.15) is 0 Å². The quantitative estimate of drug-likeness (QED) is 0.412. The first-order chi connectivity index (χ1) is 9.17. The second-order valence-corrected chi connectivity index (χ2v) is 5.51. The molecular formula is C17H35NO. The first-order valence-corrected chi connectivity index (χ1v) is 8.14. The summed E-state index contributed by atoms with van der Waals surface area (Å²) in [5.41, 5.74) is 5.78. The molecule has 0 amide bonds. The number of hydrogen-bond donors (Lipinski definition) is 1. The van der Waals surface area contributed by atoms with Gasteiger partial charge in [0, 0.05) is 6.61 Å². The zero-order valence-corrected chi connectivity index (χ0v) is 13.6. The van der Waals surface area contributed by atoms with Gasteiger partial charge in [-0.15, -0.1) is 0 Å². The number of nitrogens with two attached hydrogens (primary N) is 1. The summed E-state index contributed by atoms with van der Waals surface area (Å²) >= 11 is 0. The van der Waals surface area contributed by atoms with Gasteiger partial charge in [-0.1, -0.05) is 39.3 Å². The predicted octanol–water partition coefficient (Wildman–Crippen LogP) is 4.68. The first kappa shape index (κ1) is 18.7. The summed E-state index contributed by atoms with van der Waals surface area (Å²) in [7, 11) is 0. The minimum Gasteiger partial charge on any atom is -0.375 e. The Morgan fingerprint density at radius 3 is 2.42 bits per heavy atom. The van der Waals surface area contributed by atoms with Crippen LogP contribution in [0.2, 0.25) is 0 Å². The lowest BCUT2D eigenvalue weighted by Crippen LogP contribution is -2.35. The lowest BCUT2D eigenvalue weighted by molar-refractivity contribution is -0.0610. The molecule has 2 heteroatoms. The molecule has 2 atom stereocenters. The Morgan fingerprint density at radius 1 is 1.21 bits per heavy atom. The minimum absolute atomic E-state index is 0.0335. The number of hydrogen-bond acceptors (Lipinski definition) is 2. The van der Waals surface area contributed by atoms with Gasteiger partial charge in [0.2, 0.25) is 0 Å². The Bertz CT molecular complexity index is 219. The van der Waals surface area contributed by atoms with Crippen molar-refractivity contribution in [3.05, 3.63) is 12.2 Å². The summed E-state index contributed by atoms with van der Waals surface area (Å²) in [5.74, 6) is 0.713. The summed E-state index contributed by atoms with van der Waals surface area (Å²) in [4.78, 5) is 0. The van der Waals surface area contributed by atoms with Crippen LogP contribution in [-0.2, 0) is 4.74 Å². The maximum Gasteiger partial charge on any atom is 0.0691 e. The molecule has 2 nitrogen and oxygen atoms in total. The van der Waals surface area contributed by atoms with Crippen molar-refractivity contribution in [1.29, 1.82) is 0 Å². The Labute approximate surface area is 120 Å². The van der Waals surface area contributed by atoms with Crippen molar-refractivity contribution in [3.8, 4) is 0 Å². The van der Waals surface area contributed by atoms with Crippen LogP contribution in [0.15, 0.2) is 12.2 Å². The largest absolute Gasteiger partial charge is 0.375 e. The third-order valence-corrected chi connectivity index (χ3v) is 4.07. The fourth-order valence-corrected chi connectivity index (χ4v) is 2.79. The molecule has 114 valence electrons. The molecule has 0 saturated heterocycles. The van der Waals surface area contributed by atoms with E-state index in [4.69, 9.17) is 10.5 Å². The molecule has 0 heterocycles. The van der Waals surface area contributed by atoms with Gasteiger partial charge in [0.25, 0.3) is 0 Å². The molecule has 0 rings (SSSR count). The average molecular weight is 269 g/mol. The molecule has 0 spiro atoms. The van der Waals surface area contributed by atoms with Gasteiger partial charge < -0.3 is 10.5 Å². The highest BCUT2D eigenvalue weighted by Gasteiger charge is 2.26. The summed E-state index contributed by atoms with van der Waals surface area (Å²) < 4.78 is 6.23. The topological polar surface area (TPSA) is 35.2 Å². The van der Waals surface area contributed by atoms with E-state index >= 15 is 0 Å². The van der Waals surface area contributed by atoms with Crippen molar-refractivity contribution in [1.82, 2.24) is 0 Å². The Morgan fingerprint density at radius 2 is 1.95 bits per heavy atom. The zero-order valence-electron chi connectivity index (χ0n) is 13.6. The molecule has 0 aromatic rings. The number of rotatable bonds is 12. The predicted molar refractivity (Wildman–Crippen MR) is 85.4 cm³/mol. The molecule has 0 aromatic carbocycles. The van der Waals surface area contributed by atoms with E-state index in [-0.39, 0.29) is 5.60 Å². The molecule has 19 heavy (non-hydrogen) atoms. The molecule has 0 bridgehead atoms. The van der Waals surface area contributed by atoms with Gasteiger partial charge in [0.1, 0.15) is 0 Å². The van der Waals surface area contributed by atoms with Gasteiger partial charge in [-0.3, -0.25) is 0 Å². The monoisotopic (exact) mass is 269 g/mol. The fourth-order valence-electron chi connectivity index (χ4n) is 2.79. The summed E-state index contributed by atoms with van der Waals surface area (Å²) in [5, 5.41) is 0. The van der Waals surface area contributed by atoms with E-state index in [0.29, 0.717) is 5.92 Å². The van der Waals surface area contributed by atoms with E-state index in [0.717, 1.165) is 38.8 Å². The standard InChI is InChI=1S/C17H35NO/c1-5-10-16(7-3)11-9-15-19-17(8-4,12-6-2)13-14-18/h5,10,16H,6-9,11-15,18H2,1-4H3. The lowest BCUT2D eigenvalue weighted by atomic mass is 9.90. The van der Waals surface area contributed by atoms with Crippen molar-refractivity contribution in [2.45, 2.75) is 78.2 Å². The highest BCUT2D eigenvalue weighted by atomic mass is 16.5. The molecule has 0 saturated carbocycles. The van der Waals surface area contributed by atoms with Crippen LogP contribution in [-0.4, -0.2) is 18.8 Å². The van der Waals surface area contributed by atoms with E-state index < -0.39 is 0 Å². The van der Waals surface area contributed by atoms with Gasteiger partial charge >= 0.3 is 0 Å². The number of allylic oxidation sites excluding steroid dienone is 2. The minimum atomic E-state index is 0.0335. The van der Waals surface area contributed by atoms with Crippen LogP contribution in [0.1, 0.15) is 72.6 Å². The van der Waals surface area contributed by atoms with E-state index in [1.54, 1.807) is 0 Å². The van der Waals surface area contributed by atoms with Crippen LogP contribution in [0, 0.1) is 5.92 Å². The highest BCUT2D eigenvalue weighted by molar-refractivity contribution is 4.85. The number of ether oxygens (including phenoxy) is 1. The highest BCUT2D eigenvalue weighted by Crippen LogP contribution is 2.27. The van der Waals surface area contributed by atoms with Crippen LogP contribution >= 0.6 is 0 Å². The van der Waals surface area contributed by atoms with Crippen LogP contribution in [0.25, 0.3) is 0 Å². The molecule has 0 aromatic heterocycles. The van der Waals surface area contributed by atoms with Gasteiger partial charge in [0.05, 0.1) is 5.60 Å². The Balaban J connectivity index is 4.10. The van der Waals surface area contributed by atoms with Crippen molar-refractivity contribution in [2.75, 3.05) is 13.2 Å². The first-order valence-electron chi connectivity index (χ1n) is 8.14. The third kappa shape index (κ3) is 7.74. The van der Waals surface area contributed by atoms with Crippen molar-refractivity contribution in [3.63, 3.8) is 0 Å². The normalized spacial score (nSPS) is 16.7. The Kier molecular flexibility index (Phi) is 11.3. The fraction of sp³-hybridized carbons (Fsp3) is 0.882. The van der Waals surface area contributed by atoms with Crippen LogP contribution in [0.5, 0.6) is 0 Å². The van der Waals surface area contributed by atoms with Gasteiger partial charge in [0.15, 0.2) is 0 Å². The lowest BCUT2D eigenvalue weighted by Gasteiger charge is -2.33. The maximum atomic E-state index is 6.23. The van der Waals surface area contributed by atoms with E-state index in [1.165, 1.54) is 19.3 Å². The smallest absolute Gasteiger partial charge is 0.0691 e. The maximum absolute atomic E-state index is 6.23. The zero-order chi connectivity index (χ0) is 14.6. The summed E-state index contributed by atoms with van der Waals surface area (Å²) in [6.07, 6.45) is 12.5. The van der Waals surface area contributed by atoms with E-state index in [9.17, 15) is 0 Å². The molecule has 0 aliphatic heterocycles. The molecule has 0 fully saturated rings. The van der Waals surface area contributed by atoms with Crippen LogP contribution in [0.3, 0.4) is 0 Å². The Hall–Kier alpha value is -0.340. The molecular weight excluding hydrogens is 234 g/mol. The second-order valence-electron chi connectivity index (χ2n) is 5.51. The van der Waals surface area contributed by atoms with E-state index in [2.05, 4.69) is 39.8 Å². The molecule has 0 aliphatic rings. The third-order valence-electron chi connectivity index (χ3n) is 4.07. The SMILES string of the molecule is CC=CC(CC)CCCOC(CC)(CCC)CCN. The summed E-state index contributed by atoms with van der Waals surface area (Å²) in [6.45, 7) is 10.4. The van der Waals surface area contributed by atoms with Crippen molar-refractivity contribution >= 4 is 0 Å². The van der Waals surface area contributed by atoms with Crippen LogP contribution < -0.4 is 5.73 Å². The van der Waals surface area contributed by atoms with Gasteiger partial charge in [-0.05, 0) is 57.9 Å². The van der Waals surface area contributed by atoms with Crippen LogP contribution in [0.4, 0.5) is 0 Å². The summed E-state index contributed by atoms with van der Waals surface area (Å²) in [6, 6.07) is 0.